The van der Waals surface area contributed by atoms with E-state index in [-0.39, 0.29) is 23.6 Å². The van der Waals surface area contributed by atoms with Crippen LogP contribution in [0.1, 0.15) is 71.9 Å². The molecule has 5 heteroatoms. The fourth-order valence-corrected chi connectivity index (χ4v) is 4.04. The lowest BCUT2D eigenvalue weighted by molar-refractivity contribution is 0.210. The number of nitrogens with zero attached hydrogens (tertiary/aromatic N) is 1. The first-order valence-electron chi connectivity index (χ1n) is 11.0. The van der Waals surface area contributed by atoms with Gasteiger partial charge in [0, 0.05) is 18.5 Å². The van der Waals surface area contributed by atoms with Crippen LogP contribution in [0.2, 0.25) is 0 Å². The van der Waals surface area contributed by atoms with E-state index in [1.165, 1.54) is 12.8 Å². The maximum atomic E-state index is 13.3. The molecule has 0 spiro atoms. The number of pyridine rings is 1. The molecule has 29 heavy (non-hydrogen) atoms. The van der Waals surface area contributed by atoms with Crippen molar-refractivity contribution in [3.05, 3.63) is 34.2 Å². The van der Waals surface area contributed by atoms with Crippen LogP contribution in [0, 0.1) is 5.41 Å². The van der Waals surface area contributed by atoms with E-state index in [9.17, 15) is 4.79 Å². The number of rotatable bonds is 8. The smallest absolute Gasteiger partial charge is 0.258 e. The number of unbranched alkanes of at least 4 members (excludes halogenated alkanes) is 1. The van der Waals surface area contributed by atoms with Crippen molar-refractivity contribution < 1.29 is 9.47 Å². The lowest BCUT2D eigenvalue weighted by atomic mass is 9.96. The summed E-state index contributed by atoms with van der Waals surface area (Å²) in [5, 5.41) is 1.48. The van der Waals surface area contributed by atoms with Gasteiger partial charge in [0.2, 0.25) is 0 Å². The molecule has 1 fully saturated rings. The molecule has 1 aliphatic rings. The fraction of sp³-hybridized carbons (Fsp3) is 0.625. The molecular weight excluding hydrogens is 364 g/mol. The van der Waals surface area contributed by atoms with Crippen molar-refractivity contribution in [3.8, 4) is 11.5 Å². The quantitative estimate of drug-likeness (QED) is 0.633. The van der Waals surface area contributed by atoms with Crippen molar-refractivity contribution in [1.29, 1.82) is 0 Å². The normalized spacial score (nSPS) is 15.2. The van der Waals surface area contributed by atoms with Crippen LogP contribution in [0.15, 0.2) is 23.0 Å². The molecule has 1 aromatic carbocycles. The third-order valence-electron chi connectivity index (χ3n) is 5.47. The van der Waals surface area contributed by atoms with Crippen molar-refractivity contribution in [2.75, 3.05) is 6.61 Å². The van der Waals surface area contributed by atoms with E-state index in [0.717, 1.165) is 48.3 Å². The first-order valence-corrected chi connectivity index (χ1v) is 11.0. The van der Waals surface area contributed by atoms with Crippen LogP contribution < -0.4 is 20.8 Å². The monoisotopic (exact) mass is 400 g/mol. The van der Waals surface area contributed by atoms with Gasteiger partial charge in [-0.1, -0.05) is 34.1 Å². The summed E-state index contributed by atoms with van der Waals surface area (Å²) in [6.07, 6.45) is 6.91. The number of hydrogen-bond acceptors (Lipinski definition) is 4. The van der Waals surface area contributed by atoms with Crippen molar-refractivity contribution in [1.82, 2.24) is 4.57 Å². The minimum atomic E-state index is -0.0480. The Morgan fingerprint density at radius 2 is 1.90 bits per heavy atom. The molecular formula is C24H36N2O3. The van der Waals surface area contributed by atoms with Gasteiger partial charge in [0.15, 0.2) is 0 Å². The van der Waals surface area contributed by atoms with Crippen molar-refractivity contribution in [2.45, 2.75) is 85.4 Å². The summed E-state index contributed by atoms with van der Waals surface area (Å²) >= 11 is 0. The number of nitrogens with two attached hydrogens (primary N) is 1. The van der Waals surface area contributed by atoms with Crippen LogP contribution >= 0.6 is 0 Å². The van der Waals surface area contributed by atoms with E-state index in [2.05, 4.69) is 27.7 Å². The average Bonchev–Trinajstić information content (AvgIpc) is 3.17. The third-order valence-corrected chi connectivity index (χ3v) is 5.47. The standard InChI is InChI=1S/C24H36N2O3/c1-5-6-13-28-22-20-14-18(29-17-9-7-8-10-17)11-12-19(20)23(27)26(21(22)15-25)16-24(2,3)4/h11-12,14,17H,5-10,13,15-16,25H2,1-4H3. The molecule has 3 rings (SSSR count). The maximum absolute atomic E-state index is 13.3. The maximum Gasteiger partial charge on any atom is 0.258 e. The molecule has 1 saturated carbocycles. The molecule has 0 atom stereocenters. The second-order valence-corrected chi connectivity index (χ2v) is 9.37. The van der Waals surface area contributed by atoms with Crippen molar-refractivity contribution >= 4 is 10.8 Å². The summed E-state index contributed by atoms with van der Waals surface area (Å²) in [7, 11) is 0. The summed E-state index contributed by atoms with van der Waals surface area (Å²) in [5.74, 6) is 1.54. The molecule has 0 bridgehead atoms. The summed E-state index contributed by atoms with van der Waals surface area (Å²) in [6, 6.07) is 5.77. The minimum absolute atomic E-state index is 0.00867. The molecule has 2 aromatic rings. The number of aromatic nitrogens is 1. The highest BCUT2D eigenvalue weighted by Crippen LogP contribution is 2.33. The Morgan fingerprint density at radius 1 is 1.17 bits per heavy atom. The Balaban J connectivity index is 2.12. The molecule has 0 radical (unpaired) electrons. The molecule has 1 aromatic heterocycles. The number of ether oxygens (including phenoxy) is 2. The largest absolute Gasteiger partial charge is 0.491 e. The summed E-state index contributed by atoms with van der Waals surface area (Å²) in [5.41, 5.74) is 6.85. The summed E-state index contributed by atoms with van der Waals surface area (Å²) < 4.78 is 14.2. The van der Waals surface area contributed by atoms with Crippen LogP contribution in [0.5, 0.6) is 11.5 Å². The first kappa shape index (κ1) is 21.7. The zero-order valence-corrected chi connectivity index (χ0v) is 18.4. The predicted molar refractivity (Wildman–Crippen MR) is 119 cm³/mol. The Morgan fingerprint density at radius 3 is 2.52 bits per heavy atom. The van der Waals surface area contributed by atoms with Gasteiger partial charge in [-0.05, 0) is 55.7 Å². The number of hydrogen-bond donors (Lipinski definition) is 1. The topological polar surface area (TPSA) is 66.5 Å². The molecule has 0 saturated heterocycles. The highest BCUT2D eigenvalue weighted by molar-refractivity contribution is 5.89. The van der Waals surface area contributed by atoms with Gasteiger partial charge in [0.25, 0.3) is 5.56 Å². The van der Waals surface area contributed by atoms with E-state index in [4.69, 9.17) is 15.2 Å². The van der Waals surface area contributed by atoms with Crippen LogP contribution in [-0.4, -0.2) is 17.3 Å². The predicted octanol–water partition coefficient (Wildman–Crippen LogP) is 5.01. The van der Waals surface area contributed by atoms with E-state index < -0.39 is 0 Å². The third kappa shape index (κ3) is 5.13. The second-order valence-electron chi connectivity index (χ2n) is 9.37. The van der Waals surface area contributed by atoms with Crippen LogP contribution in [0.4, 0.5) is 0 Å². The van der Waals surface area contributed by atoms with E-state index >= 15 is 0 Å². The Bertz CT molecular complexity index is 890. The SMILES string of the molecule is CCCCOc1c(CN)n(CC(C)(C)C)c(=O)c2ccc(OC3CCCC3)cc12. The Kier molecular flexibility index (Phi) is 6.89. The van der Waals surface area contributed by atoms with Gasteiger partial charge in [0.05, 0.1) is 23.8 Å². The van der Waals surface area contributed by atoms with E-state index in [1.54, 1.807) is 4.57 Å². The highest BCUT2D eigenvalue weighted by atomic mass is 16.5. The molecule has 2 N–H and O–H groups in total. The van der Waals surface area contributed by atoms with Crippen molar-refractivity contribution in [2.24, 2.45) is 11.1 Å². The molecule has 1 heterocycles. The number of benzene rings is 1. The lowest BCUT2D eigenvalue weighted by Crippen LogP contribution is -2.31. The molecule has 0 amide bonds. The van der Waals surface area contributed by atoms with Gasteiger partial charge < -0.3 is 19.8 Å². The lowest BCUT2D eigenvalue weighted by Gasteiger charge is -2.25. The van der Waals surface area contributed by atoms with Crippen molar-refractivity contribution in [3.63, 3.8) is 0 Å². The molecule has 0 aliphatic heterocycles. The van der Waals surface area contributed by atoms with Crippen LogP contribution in [0.3, 0.4) is 0 Å². The number of fused-ring (bicyclic) bond motifs is 1. The first-order chi connectivity index (χ1) is 13.8. The molecule has 0 unspecified atom stereocenters. The highest BCUT2D eigenvalue weighted by Gasteiger charge is 2.22. The summed E-state index contributed by atoms with van der Waals surface area (Å²) in [6.45, 7) is 9.98. The molecule has 1 aliphatic carbocycles. The molecule has 160 valence electrons. The van der Waals surface area contributed by atoms with Gasteiger partial charge in [-0.3, -0.25) is 4.79 Å². The van der Waals surface area contributed by atoms with Gasteiger partial charge in [-0.25, -0.2) is 0 Å². The van der Waals surface area contributed by atoms with Gasteiger partial charge >= 0.3 is 0 Å². The summed E-state index contributed by atoms with van der Waals surface area (Å²) in [4.78, 5) is 13.3. The second kappa shape index (κ2) is 9.21. The Hall–Kier alpha value is -2.01. The minimum Gasteiger partial charge on any atom is -0.491 e. The average molecular weight is 401 g/mol. The van der Waals surface area contributed by atoms with Gasteiger partial charge in [-0.15, -0.1) is 0 Å². The van der Waals surface area contributed by atoms with E-state index in [0.29, 0.717) is 18.5 Å². The zero-order valence-electron chi connectivity index (χ0n) is 18.4. The fourth-order valence-electron chi connectivity index (χ4n) is 4.04. The Labute approximate surface area is 174 Å². The zero-order chi connectivity index (χ0) is 21.0. The van der Waals surface area contributed by atoms with Gasteiger partial charge in [0.1, 0.15) is 11.5 Å². The van der Waals surface area contributed by atoms with Crippen LogP contribution in [0.25, 0.3) is 10.8 Å². The van der Waals surface area contributed by atoms with E-state index in [1.807, 2.05) is 18.2 Å². The van der Waals surface area contributed by atoms with Gasteiger partial charge in [-0.2, -0.15) is 0 Å². The van der Waals surface area contributed by atoms with Crippen LogP contribution in [-0.2, 0) is 13.1 Å². The molecule has 5 nitrogen and oxygen atoms in total.